The molecular weight excluding hydrogens is 134 g/mol. The molecule has 0 atom stereocenters. The van der Waals surface area contributed by atoms with Gasteiger partial charge in [-0.15, -0.1) is 0 Å². The molecule has 1 aromatic rings. The van der Waals surface area contributed by atoms with Crippen LogP contribution in [0.15, 0.2) is 35.3 Å². The second-order valence-corrected chi connectivity index (χ2v) is 2.29. The Kier molecular flexibility index (Phi) is 3.39. The maximum Gasteiger partial charge on any atom is 0.0625 e. The second-order valence-electron chi connectivity index (χ2n) is 2.29. The summed E-state index contributed by atoms with van der Waals surface area (Å²) in [6.45, 7) is 3.73. The number of nitrogens with zero attached hydrogens (tertiary/aromatic N) is 1. The summed E-state index contributed by atoms with van der Waals surface area (Å²) in [7, 11) is 0. The van der Waals surface area contributed by atoms with Crippen LogP contribution in [0.3, 0.4) is 0 Å². The Balaban J connectivity index is 2.50. The molecule has 0 bridgehead atoms. The Bertz CT molecular complexity index is 214. The molecule has 0 amide bonds. The molecular formula is C10H12N. The first-order chi connectivity index (χ1) is 5.43. The van der Waals surface area contributed by atoms with Crippen LogP contribution in [0.25, 0.3) is 0 Å². The smallest absolute Gasteiger partial charge is 0.0625 e. The zero-order valence-corrected chi connectivity index (χ0v) is 6.53. The van der Waals surface area contributed by atoms with Gasteiger partial charge in [-0.1, -0.05) is 25.1 Å². The summed E-state index contributed by atoms with van der Waals surface area (Å²) < 4.78 is 0. The molecule has 0 unspecified atom stereocenters. The van der Waals surface area contributed by atoms with E-state index in [1.54, 1.807) is 0 Å². The lowest BCUT2D eigenvalue weighted by atomic mass is 10.3. The fourth-order valence-electron chi connectivity index (χ4n) is 0.775. The molecule has 0 heterocycles. The van der Waals surface area contributed by atoms with Gasteiger partial charge in [0.1, 0.15) is 0 Å². The van der Waals surface area contributed by atoms with Crippen molar-refractivity contribution in [3.05, 3.63) is 37.3 Å². The number of hydrogen-bond acceptors (Lipinski definition) is 1. The van der Waals surface area contributed by atoms with Crippen molar-refractivity contribution in [2.75, 3.05) is 0 Å². The van der Waals surface area contributed by atoms with Crippen LogP contribution >= 0.6 is 0 Å². The highest BCUT2D eigenvalue weighted by atomic mass is 14.7. The number of rotatable bonds is 3. The lowest BCUT2D eigenvalue weighted by Crippen LogP contribution is -1.71. The van der Waals surface area contributed by atoms with Crippen LogP contribution in [-0.4, -0.2) is 6.21 Å². The average Bonchev–Trinajstić information content (AvgIpc) is 2.07. The van der Waals surface area contributed by atoms with E-state index in [0.29, 0.717) is 0 Å². The van der Waals surface area contributed by atoms with E-state index in [2.05, 4.69) is 11.9 Å². The maximum atomic E-state index is 4.23. The van der Waals surface area contributed by atoms with Crippen LogP contribution in [0.2, 0.25) is 0 Å². The van der Waals surface area contributed by atoms with Crippen LogP contribution < -0.4 is 0 Å². The standard InChI is InChI=1S/C10H12N/c1-2-3-9-11-10-7-5-4-6-8-10/h4-9H,1-3H2. The molecule has 0 N–H and O–H groups in total. The van der Waals surface area contributed by atoms with Gasteiger partial charge in [-0.25, -0.2) is 0 Å². The summed E-state index contributed by atoms with van der Waals surface area (Å²) in [5.41, 5.74) is 1.01. The molecule has 1 heteroatoms. The van der Waals surface area contributed by atoms with Crippen molar-refractivity contribution in [2.24, 2.45) is 4.99 Å². The van der Waals surface area contributed by atoms with Crippen molar-refractivity contribution in [1.29, 1.82) is 0 Å². The largest absolute Gasteiger partial charge is 0.261 e. The van der Waals surface area contributed by atoms with Crippen molar-refractivity contribution >= 4 is 11.9 Å². The average molecular weight is 146 g/mol. The summed E-state index contributed by atoms with van der Waals surface area (Å²) >= 11 is 0. The highest BCUT2D eigenvalue weighted by Crippen LogP contribution is 2.08. The Hall–Kier alpha value is -1.11. The van der Waals surface area contributed by atoms with E-state index in [1.165, 1.54) is 0 Å². The SMILES string of the molecule is [CH2]CCC=Nc1ccccc1. The van der Waals surface area contributed by atoms with Gasteiger partial charge >= 0.3 is 0 Å². The molecule has 1 radical (unpaired) electrons. The third-order valence-electron chi connectivity index (χ3n) is 1.33. The molecule has 0 aliphatic rings. The first kappa shape index (κ1) is 7.99. The molecule has 11 heavy (non-hydrogen) atoms. The number of aliphatic imine (C=N–C) groups is 1. The summed E-state index contributed by atoms with van der Waals surface area (Å²) in [6.07, 6.45) is 3.77. The van der Waals surface area contributed by atoms with E-state index in [0.717, 1.165) is 18.5 Å². The predicted octanol–water partition coefficient (Wildman–Crippen LogP) is 3.00. The van der Waals surface area contributed by atoms with E-state index < -0.39 is 0 Å². The van der Waals surface area contributed by atoms with Gasteiger partial charge in [0, 0.05) is 6.21 Å². The van der Waals surface area contributed by atoms with Gasteiger partial charge in [0.25, 0.3) is 0 Å². The molecule has 1 rings (SSSR count). The number of para-hydroxylation sites is 1. The molecule has 57 valence electrons. The van der Waals surface area contributed by atoms with Gasteiger partial charge in [-0.3, -0.25) is 4.99 Å². The predicted molar refractivity (Wildman–Crippen MR) is 49.2 cm³/mol. The van der Waals surface area contributed by atoms with E-state index in [1.807, 2.05) is 36.5 Å². The lowest BCUT2D eigenvalue weighted by Gasteiger charge is -1.89. The van der Waals surface area contributed by atoms with Crippen LogP contribution in [0, 0.1) is 6.92 Å². The molecule has 0 saturated carbocycles. The monoisotopic (exact) mass is 146 g/mol. The molecule has 1 nitrogen and oxygen atoms in total. The summed E-state index contributed by atoms with van der Waals surface area (Å²) in [4.78, 5) is 4.23. The van der Waals surface area contributed by atoms with Crippen molar-refractivity contribution < 1.29 is 0 Å². The first-order valence-electron chi connectivity index (χ1n) is 3.80. The van der Waals surface area contributed by atoms with Gasteiger partial charge in [0.2, 0.25) is 0 Å². The second kappa shape index (κ2) is 4.67. The van der Waals surface area contributed by atoms with E-state index in [4.69, 9.17) is 0 Å². The Labute approximate surface area is 67.8 Å². The topological polar surface area (TPSA) is 12.4 Å². The van der Waals surface area contributed by atoms with Gasteiger partial charge in [-0.05, 0) is 25.0 Å². The van der Waals surface area contributed by atoms with Gasteiger partial charge < -0.3 is 0 Å². The van der Waals surface area contributed by atoms with Gasteiger partial charge in [0.05, 0.1) is 5.69 Å². The minimum absolute atomic E-state index is 0.913. The zero-order valence-electron chi connectivity index (χ0n) is 6.53. The van der Waals surface area contributed by atoms with Crippen LogP contribution in [0.4, 0.5) is 5.69 Å². The zero-order chi connectivity index (χ0) is 7.94. The third-order valence-corrected chi connectivity index (χ3v) is 1.33. The van der Waals surface area contributed by atoms with Crippen LogP contribution in [0.1, 0.15) is 12.8 Å². The maximum absolute atomic E-state index is 4.23. The molecule has 0 saturated heterocycles. The quantitative estimate of drug-likeness (QED) is 0.581. The number of hydrogen-bond donors (Lipinski definition) is 0. The van der Waals surface area contributed by atoms with Crippen LogP contribution in [0.5, 0.6) is 0 Å². The number of unbranched alkanes of at least 4 members (excludes halogenated alkanes) is 1. The normalized spacial score (nSPS) is 10.6. The summed E-state index contributed by atoms with van der Waals surface area (Å²) in [5.74, 6) is 0. The van der Waals surface area contributed by atoms with E-state index >= 15 is 0 Å². The Morgan fingerprint density at radius 3 is 2.64 bits per heavy atom. The Morgan fingerprint density at radius 1 is 1.27 bits per heavy atom. The fraction of sp³-hybridized carbons (Fsp3) is 0.200. The van der Waals surface area contributed by atoms with E-state index in [-0.39, 0.29) is 0 Å². The molecule has 0 spiro atoms. The molecule has 0 aliphatic carbocycles. The molecule has 0 fully saturated rings. The summed E-state index contributed by atoms with van der Waals surface area (Å²) in [5, 5.41) is 0. The number of benzene rings is 1. The van der Waals surface area contributed by atoms with Crippen LogP contribution in [-0.2, 0) is 0 Å². The van der Waals surface area contributed by atoms with Crippen molar-refractivity contribution in [2.45, 2.75) is 12.8 Å². The summed E-state index contributed by atoms with van der Waals surface area (Å²) in [6, 6.07) is 9.92. The van der Waals surface area contributed by atoms with Gasteiger partial charge in [0.15, 0.2) is 0 Å². The molecule has 0 aliphatic heterocycles. The fourth-order valence-corrected chi connectivity index (χ4v) is 0.775. The highest BCUT2D eigenvalue weighted by Gasteiger charge is 1.81. The van der Waals surface area contributed by atoms with Crippen molar-refractivity contribution in [3.8, 4) is 0 Å². The van der Waals surface area contributed by atoms with E-state index in [9.17, 15) is 0 Å². The third kappa shape index (κ3) is 2.99. The minimum atomic E-state index is 0.913. The molecule has 0 aromatic heterocycles. The van der Waals surface area contributed by atoms with Crippen molar-refractivity contribution in [1.82, 2.24) is 0 Å². The lowest BCUT2D eigenvalue weighted by molar-refractivity contribution is 1.11. The minimum Gasteiger partial charge on any atom is -0.261 e. The highest BCUT2D eigenvalue weighted by molar-refractivity contribution is 5.62. The van der Waals surface area contributed by atoms with Gasteiger partial charge in [-0.2, -0.15) is 0 Å². The Morgan fingerprint density at radius 2 is 2.00 bits per heavy atom. The molecule has 1 aromatic carbocycles. The first-order valence-corrected chi connectivity index (χ1v) is 3.80. The van der Waals surface area contributed by atoms with Crippen molar-refractivity contribution in [3.63, 3.8) is 0 Å².